The summed E-state index contributed by atoms with van der Waals surface area (Å²) in [6.07, 6.45) is 0. The number of nitrogens with zero attached hydrogens (tertiary/aromatic N) is 2. The van der Waals surface area contributed by atoms with Crippen molar-refractivity contribution in [3.63, 3.8) is 0 Å². The summed E-state index contributed by atoms with van der Waals surface area (Å²) in [7, 11) is -3.68. The number of hydrogen-bond donors (Lipinski definition) is 1. The number of hydrogen-bond acceptors (Lipinski definition) is 5. The van der Waals surface area contributed by atoms with Crippen LogP contribution in [0.1, 0.15) is 17.0 Å². The van der Waals surface area contributed by atoms with E-state index in [1.165, 1.54) is 0 Å². The molecule has 0 fully saturated rings. The van der Waals surface area contributed by atoms with Crippen LogP contribution in [0.25, 0.3) is 11.5 Å². The van der Waals surface area contributed by atoms with Crippen molar-refractivity contribution in [1.29, 1.82) is 0 Å². The lowest BCUT2D eigenvalue weighted by atomic mass is 10.2. The van der Waals surface area contributed by atoms with E-state index < -0.39 is 10.0 Å². The molecule has 2 aromatic carbocycles. The first kappa shape index (κ1) is 16.2. The summed E-state index contributed by atoms with van der Waals surface area (Å²) in [6.45, 7) is 5.35. The third-order valence-electron chi connectivity index (χ3n) is 3.52. The van der Waals surface area contributed by atoms with E-state index in [0.29, 0.717) is 28.5 Å². The molecule has 0 saturated heterocycles. The molecule has 0 spiro atoms. The molecule has 3 rings (SSSR count). The summed E-state index contributed by atoms with van der Waals surface area (Å²) < 4.78 is 33.0. The molecule has 0 atom stereocenters. The number of rotatable bonds is 4. The smallest absolute Gasteiger partial charge is 0.262 e. The van der Waals surface area contributed by atoms with Gasteiger partial charge in [-0.3, -0.25) is 4.72 Å². The van der Waals surface area contributed by atoms with Gasteiger partial charge in [-0.1, -0.05) is 23.4 Å². The van der Waals surface area contributed by atoms with Crippen LogP contribution in [-0.2, 0) is 10.0 Å². The molecule has 0 amide bonds. The predicted molar refractivity (Wildman–Crippen MR) is 91.2 cm³/mol. The van der Waals surface area contributed by atoms with Crippen LogP contribution >= 0.6 is 0 Å². The Bertz CT molecular complexity index is 994. The topological polar surface area (TPSA) is 85.1 Å². The van der Waals surface area contributed by atoms with Crippen LogP contribution in [0.5, 0.6) is 0 Å². The standard InChI is InChI=1S/C17H17N3O3S/c1-11-7-8-12(2)16(9-11)24(21,22)20-15-6-4-5-14(10-15)17-18-13(3)19-23-17/h4-10,20H,1-3H3. The van der Waals surface area contributed by atoms with Crippen LogP contribution in [-0.4, -0.2) is 18.6 Å². The molecule has 0 saturated carbocycles. The van der Waals surface area contributed by atoms with Crippen LogP contribution in [0.2, 0.25) is 0 Å². The largest absolute Gasteiger partial charge is 0.334 e. The number of anilines is 1. The van der Waals surface area contributed by atoms with Gasteiger partial charge in [-0.2, -0.15) is 4.98 Å². The number of sulfonamides is 1. The Morgan fingerprint density at radius 2 is 1.83 bits per heavy atom. The van der Waals surface area contributed by atoms with E-state index in [2.05, 4.69) is 14.9 Å². The summed E-state index contributed by atoms with van der Waals surface area (Å²) in [5.74, 6) is 0.867. The zero-order valence-corrected chi connectivity index (χ0v) is 14.4. The third-order valence-corrected chi connectivity index (χ3v) is 5.05. The van der Waals surface area contributed by atoms with Crippen LogP contribution in [0, 0.1) is 20.8 Å². The van der Waals surface area contributed by atoms with E-state index in [1.54, 1.807) is 50.2 Å². The first-order chi connectivity index (χ1) is 11.3. The van der Waals surface area contributed by atoms with Crippen molar-refractivity contribution in [2.24, 2.45) is 0 Å². The second-order valence-corrected chi connectivity index (χ2v) is 7.25. The molecule has 6 nitrogen and oxygen atoms in total. The highest BCUT2D eigenvalue weighted by atomic mass is 32.2. The van der Waals surface area contributed by atoms with Gasteiger partial charge in [-0.15, -0.1) is 0 Å². The first-order valence-corrected chi connectivity index (χ1v) is 8.84. The summed E-state index contributed by atoms with van der Waals surface area (Å²) in [5, 5.41) is 3.74. The summed E-state index contributed by atoms with van der Waals surface area (Å²) >= 11 is 0. The van der Waals surface area contributed by atoms with E-state index in [1.807, 2.05) is 13.0 Å². The Kier molecular flexibility index (Phi) is 4.11. The maximum Gasteiger partial charge on any atom is 0.262 e. The van der Waals surface area contributed by atoms with Crippen molar-refractivity contribution >= 4 is 15.7 Å². The predicted octanol–water partition coefficient (Wildman–Crippen LogP) is 3.46. The molecule has 1 aromatic heterocycles. The van der Waals surface area contributed by atoms with Gasteiger partial charge in [0.15, 0.2) is 5.82 Å². The first-order valence-electron chi connectivity index (χ1n) is 7.36. The molecule has 124 valence electrons. The SMILES string of the molecule is Cc1ccc(C)c(S(=O)(=O)Nc2cccc(-c3nc(C)no3)c2)c1. The zero-order chi connectivity index (χ0) is 17.3. The Morgan fingerprint density at radius 3 is 2.54 bits per heavy atom. The molecule has 0 aliphatic rings. The molecule has 0 unspecified atom stereocenters. The number of aryl methyl sites for hydroxylation is 3. The molecule has 3 aromatic rings. The van der Waals surface area contributed by atoms with Gasteiger partial charge in [-0.25, -0.2) is 8.42 Å². The maximum absolute atomic E-state index is 12.7. The lowest BCUT2D eigenvalue weighted by Gasteiger charge is -2.11. The highest BCUT2D eigenvalue weighted by molar-refractivity contribution is 7.92. The maximum atomic E-state index is 12.7. The Hall–Kier alpha value is -2.67. The van der Waals surface area contributed by atoms with Gasteiger partial charge < -0.3 is 4.52 Å². The van der Waals surface area contributed by atoms with Crippen molar-refractivity contribution in [3.05, 3.63) is 59.4 Å². The van der Waals surface area contributed by atoms with Crippen molar-refractivity contribution in [2.75, 3.05) is 4.72 Å². The van der Waals surface area contributed by atoms with E-state index in [-0.39, 0.29) is 4.90 Å². The minimum Gasteiger partial charge on any atom is -0.334 e. The van der Waals surface area contributed by atoms with E-state index in [0.717, 1.165) is 5.56 Å². The summed E-state index contributed by atoms with van der Waals surface area (Å²) in [6, 6.07) is 12.2. The molecular formula is C17H17N3O3S. The van der Waals surface area contributed by atoms with Gasteiger partial charge in [0.05, 0.1) is 4.90 Å². The van der Waals surface area contributed by atoms with Crippen molar-refractivity contribution in [3.8, 4) is 11.5 Å². The fraction of sp³-hybridized carbons (Fsp3) is 0.176. The summed E-state index contributed by atoms with van der Waals surface area (Å²) in [4.78, 5) is 4.41. The van der Waals surface area contributed by atoms with E-state index in [4.69, 9.17) is 4.52 Å². The number of nitrogens with one attached hydrogen (secondary N) is 1. The average molecular weight is 343 g/mol. The summed E-state index contributed by atoms with van der Waals surface area (Å²) in [5.41, 5.74) is 2.66. The second-order valence-electron chi connectivity index (χ2n) is 5.60. The van der Waals surface area contributed by atoms with Gasteiger partial charge in [0.2, 0.25) is 0 Å². The Morgan fingerprint density at radius 1 is 1.04 bits per heavy atom. The van der Waals surface area contributed by atoms with Gasteiger partial charge >= 0.3 is 0 Å². The molecule has 0 aliphatic carbocycles. The molecule has 1 heterocycles. The molecule has 0 bridgehead atoms. The Balaban J connectivity index is 1.94. The molecule has 7 heteroatoms. The normalized spacial score (nSPS) is 11.5. The Labute approximate surface area is 140 Å². The molecule has 0 aliphatic heterocycles. The highest BCUT2D eigenvalue weighted by Gasteiger charge is 2.18. The van der Waals surface area contributed by atoms with Gasteiger partial charge in [0, 0.05) is 11.3 Å². The third kappa shape index (κ3) is 3.30. The van der Waals surface area contributed by atoms with Crippen LogP contribution in [0.3, 0.4) is 0 Å². The van der Waals surface area contributed by atoms with Gasteiger partial charge in [-0.05, 0) is 56.2 Å². The molecule has 0 radical (unpaired) electrons. The number of aromatic nitrogens is 2. The van der Waals surface area contributed by atoms with Crippen molar-refractivity contribution in [2.45, 2.75) is 25.7 Å². The van der Waals surface area contributed by atoms with Crippen LogP contribution in [0.4, 0.5) is 5.69 Å². The molecule has 1 N–H and O–H groups in total. The highest BCUT2D eigenvalue weighted by Crippen LogP contribution is 2.24. The fourth-order valence-corrected chi connectivity index (χ4v) is 3.72. The van der Waals surface area contributed by atoms with E-state index >= 15 is 0 Å². The van der Waals surface area contributed by atoms with Crippen molar-refractivity contribution in [1.82, 2.24) is 10.1 Å². The number of benzene rings is 2. The zero-order valence-electron chi connectivity index (χ0n) is 13.6. The van der Waals surface area contributed by atoms with E-state index in [9.17, 15) is 8.42 Å². The quantitative estimate of drug-likeness (QED) is 0.784. The fourth-order valence-electron chi connectivity index (χ4n) is 2.34. The van der Waals surface area contributed by atoms with Gasteiger partial charge in [0.25, 0.3) is 15.9 Å². The minimum absolute atomic E-state index is 0.265. The average Bonchev–Trinajstić information content (AvgIpc) is 2.96. The molecule has 24 heavy (non-hydrogen) atoms. The van der Waals surface area contributed by atoms with Gasteiger partial charge in [0.1, 0.15) is 0 Å². The minimum atomic E-state index is -3.68. The lowest BCUT2D eigenvalue weighted by Crippen LogP contribution is -2.14. The molecular weight excluding hydrogens is 326 g/mol. The second kappa shape index (κ2) is 6.09. The monoisotopic (exact) mass is 343 g/mol. The van der Waals surface area contributed by atoms with Crippen LogP contribution in [0.15, 0.2) is 51.9 Å². The van der Waals surface area contributed by atoms with Crippen LogP contribution < -0.4 is 4.72 Å². The van der Waals surface area contributed by atoms with Crippen molar-refractivity contribution < 1.29 is 12.9 Å². The lowest BCUT2D eigenvalue weighted by molar-refractivity contribution is 0.425.